The summed E-state index contributed by atoms with van der Waals surface area (Å²) >= 11 is 5.21. The van der Waals surface area contributed by atoms with E-state index in [9.17, 15) is 0 Å². The van der Waals surface area contributed by atoms with Crippen molar-refractivity contribution in [1.29, 1.82) is 0 Å². The molecule has 0 amide bonds. The molecule has 0 bridgehead atoms. The topological polar surface area (TPSA) is 48.1 Å². The van der Waals surface area contributed by atoms with Gasteiger partial charge < -0.3 is 10.5 Å². The van der Waals surface area contributed by atoms with Crippen molar-refractivity contribution in [3.8, 4) is 5.75 Å². The Morgan fingerprint density at radius 1 is 1.30 bits per heavy atom. The van der Waals surface area contributed by atoms with Crippen LogP contribution in [-0.2, 0) is 6.42 Å². The maximum Gasteiger partial charge on any atom is 0.153 e. The van der Waals surface area contributed by atoms with Crippen molar-refractivity contribution >= 4 is 43.9 Å². The van der Waals surface area contributed by atoms with Gasteiger partial charge in [-0.15, -0.1) is 11.3 Å². The average molecular weight is 349 g/mol. The van der Waals surface area contributed by atoms with Crippen LogP contribution in [0.15, 0.2) is 46.4 Å². The van der Waals surface area contributed by atoms with Crippen molar-refractivity contribution in [2.24, 2.45) is 0 Å². The third-order valence-electron chi connectivity index (χ3n) is 2.98. The van der Waals surface area contributed by atoms with E-state index < -0.39 is 0 Å². The molecule has 0 saturated heterocycles. The zero-order valence-corrected chi connectivity index (χ0v) is 13.1. The van der Waals surface area contributed by atoms with E-state index in [1.54, 1.807) is 17.5 Å². The minimum atomic E-state index is 0.571. The van der Waals surface area contributed by atoms with E-state index in [-0.39, 0.29) is 0 Å². The van der Waals surface area contributed by atoms with Crippen LogP contribution in [0.25, 0.3) is 10.9 Å². The number of fused-ring (bicyclic) bond motifs is 1. The van der Waals surface area contributed by atoms with Crippen LogP contribution in [-0.4, -0.2) is 11.6 Å². The molecule has 102 valence electrons. The zero-order chi connectivity index (χ0) is 13.9. The number of halogens is 1. The Balaban J connectivity index is 1.86. The van der Waals surface area contributed by atoms with Gasteiger partial charge in [0.15, 0.2) is 5.75 Å². The predicted octanol–water partition coefficient (Wildman–Crippen LogP) is 4.26. The number of hydrogen-bond acceptors (Lipinski definition) is 4. The van der Waals surface area contributed by atoms with Crippen LogP contribution in [0.5, 0.6) is 5.75 Å². The Morgan fingerprint density at radius 3 is 3.00 bits per heavy atom. The van der Waals surface area contributed by atoms with E-state index in [4.69, 9.17) is 10.5 Å². The summed E-state index contributed by atoms with van der Waals surface area (Å²) < 4.78 is 6.89. The largest absolute Gasteiger partial charge is 0.490 e. The second kappa shape index (κ2) is 5.81. The minimum absolute atomic E-state index is 0.571. The lowest BCUT2D eigenvalue weighted by Gasteiger charge is -2.11. The van der Waals surface area contributed by atoms with Gasteiger partial charge in [0.25, 0.3) is 0 Å². The van der Waals surface area contributed by atoms with Gasteiger partial charge >= 0.3 is 0 Å². The summed E-state index contributed by atoms with van der Waals surface area (Å²) in [5.74, 6) is 0.716. The summed E-state index contributed by atoms with van der Waals surface area (Å²) in [6, 6.07) is 10.1. The first kappa shape index (κ1) is 13.4. The Morgan fingerprint density at radius 2 is 2.20 bits per heavy atom. The van der Waals surface area contributed by atoms with Crippen molar-refractivity contribution in [2.75, 3.05) is 12.3 Å². The Labute approximate surface area is 129 Å². The maximum atomic E-state index is 6.00. The van der Waals surface area contributed by atoms with Gasteiger partial charge in [0.2, 0.25) is 0 Å². The van der Waals surface area contributed by atoms with Gasteiger partial charge in [-0.2, -0.15) is 0 Å². The molecule has 2 aromatic heterocycles. The third-order valence-corrected chi connectivity index (χ3v) is 4.41. The maximum absolute atomic E-state index is 6.00. The van der Waals surface area contributed by atoms with Crippen LogP contribution in [0, 0.1) is 0 Å². The van der Waals surface area contributed by atoms with E-state index in [2.05, 4.69) is 32.4 Å². The van der Waals surface area contributed by atoms with Crippen molar-refractivity contribution in [2.45, 2.75) is 6.42 Å². The lowest BCUT2D eigenvalue weighted by atomic mass is 10.2. The number of anilines is 1. The highest BCUT2D eigenvalue weighted by atomic mass is 79.9. The standard InChI is InChI=1S/C15H13BrN2OS/c16-10-3-4-14-12(8-10)15(13(17)9-18-14)19-6-5-11-2-1-7-20-11/h1-4,7-9H,5-6,17H2. The highest BCUT2D eigenvalue weighted by Gasteiger charge is 2.09. The molecule has 0 saturated carbocycles. The van der Waals surface area contributed by atoms with Crippen molar-refractivity contribution in [3.05, 3.63) is 51.3 Å². The summed E-state index contributed by atoms with van der Waals surface area (Å²) in [5.41, 5.74) is 7.45. The molecule has 0 aliphatic heterocycles. The van der Waals surface area contributed by atoms with Crippen LogP contribution in [0.4, 0.5) is 5.69 Å². The van der Waals surface area contributed by atoms with E-state index in [1.807, 2.05) is 24.3 Å². The van der Waals surface area contributed by atoms with E-state index in [0.29, 0.717) is 18.0 Å². The minimum Gasteiger partial charge on any atom is -0.490 e. The number of pyridine rings is 1. The number of hydrogen-bond donors (Lipinski definition) is 1. The van der Waals surface area contributed by atoms with Crippen LogP contribution >= 0.6 is 27.3 Å². The van der Waals surface area contributed by atoms with Crippen LogP contribution in [0.2, 0.25) is 0 Å². The van der Waals surface area contributed by atoms with Crippen molar-refractivity contribution < 1.29 is 4.74 Å². The Kier molecular flexibility index (Phi) is 3.89. The molecular formula is C15H13BrN2OS. The van der Waals surface area contributed by atoms with Gasteiger partial charge in [-0.05, 0) is 29.6 Å². The van der Waals surface area contributed by atoms with E-state index in [1.165, 1.54) is 4.88 Å². The first-order valence-corrected chi connectivity index (χ1v) is 7.90. The molecule has 0 radical (unpaired) electrons. The second-order valence-corrected chi connectivity index (χ2v) is 6.33. The predicted molar refractivity (Wildman–Crippen MR) is 87.4 cm³/mol. The summed E-state index contributed by atoms with van der Waals surface area (Å²) in [6.07, 6.45) is 2.53. The number of aromatic nitrogens is 1. The van der Waals surface area contributed by atoms with Gasteiger partial charge in [0, 0.05) is 21.2 Å². The molecule has 0 fully saturated rings. The van der Waals surface area contributed by atoms with Gasteiger partial charge in [0.1, 0.15) is 0 Å². The molecule has 0 atom stereocenters. The molecule has 0 aliphatic carbocycles. The number of nitrogen functional groups attached to an aromatic ring is 1. The smallest absolute Gasteiger partial charge is 0.153 e. The molecule has 0 unspecified atom stereocenters. The quantitative estimate of drug-likeness (QED) is 0.766. The summed E-state index contributed by atoms with van der Waals surface area (Å²) in [4.78, 5) is 5.63. The number of benzene rings is 1. The van der Waals surface area contributed by atoms with Gasteiger partial charge in [0.05, 0.1) is 24.0 Å². The summed E-state index contributed by atoms with van der Waals surface area (Å²) in [6.45, 7) is 0.607. The van der Waals surface area contributed by atoms with Crippen molar-refractivity contribution in [1.82, 2.24) is 4.98 Å². The second-order valence-electron chi connectivity index (χ2n) is 4.38. The summed E-state index contributed by atoms with van der Waals surface area (Å²) in [5, 5.41) is 3.01. The third kappa shape index (κ3) is 2.78. The molecule has 0 aliphatic rings. The molecular weight excluding hydrogens is 336 g/mol. The lowest BCUT2D eigenvalue weighted by Crippen LogP contribution is -2.03. The molecule has 2 N–H and O–H groups in total. The fourth-order valence-electron chi connectivity index (χ4n) is 2.03. The number of nitrogens with zero attached hydrogens (tertiary/aromatic N) is 1. The van der Waals surface area contributed by atoms with E-state index >= 15 is 0 Å². The fourth-order valence-corrected chi connectivity index (χ4v) is 3.08. The number of thiophene rings is 1. The molecule has 5 heteroatoms. The fraction of sp³-hybridized carbons (Fsp3) is 0.133. The zero-order valence-electron chi connectivity index (χ0n) is 10.7. The van der Waals surface area contributed by atoms with Gasteiger partial charge in [-0.25, -0.2) is 0 Å². The molecule has 1 aromatic carbocycles. The van der Waals surface area contributed by atoms with Gasteiger partial charge in [-0.1, -0.05) is 22.0 Å². The summed E-state index contributed by atoms with van der Waals surface area (Å²) in [7, 11) is 0. The van der Waals surface area contributed by atoms with Gasteiger partial charge in [-0.3, -0.25) is 4.98 Å². The normalized spacial score (nSPS) is 10.8. The van der Waals surface area contributed by atoms with Crippen LogP contribution in [0.3, 0.4) is 0 Å². The van der Waals surface area contributed by atoms with Crippen molar-refractivity contribution in [3.63, 3.8) is 0 Å². The molecule has 0 spiro atoms. The lowest BCUT2D eigenvalue weighted by molar-refractivity contribution is 0.328. The molecule has 2 heterocycles. The average Bonchev–Trinajstić information content (AvgIpc) is 2.94. The Hall–Kier alpha value is -1.59. The van der Waals surface area contributed by atoms with E-state index in [0.717, 1.165) is 21.8 Å². The highest BCUT2D eigenvalue weighted by Crippen LogP contribution is 2.32. The number of rotatable bonds is 4. The molecule has 3 nitrogen and oxygen atoms in total. The molecule has 3 aromatic rings. The van der Waals surface area contributed by atoms with Crippen LogP contribution < -0.4 is 10.5 Å². The monoisotopic (exact) mass is 348 g/mol. The number of ether oxygens (including phenoxy) is 1. The van der Waals surface area contributed by atoms with Crippen LogP contribution in [0.1, 0.15) is 4.88 Å². The molecule has 20 heavy (non-hydrogen) atoms. The Bertz CT molecular complexity index is 723. The highest BCUT2D eigenvalue weighted by molar-refractivity contribution is 9.10. The first-order valence-electron chi connectivity index (χ1n) is 6.23. The molecule has 3 rings (SSSR count). The SMILES string of the molecule is Nc1cnc2ccc(Br)cc2c1OCCc1cccs1. The number of nitrogens with two attached hydrogens (primary N) is 1. The first-order chi connectivity index (χ1) is 9.74.